The molecular weight excluding hydrogens is 257 g/mol. The van der Waals surface area contributed by atoms with Crippen molar-refractivity contribution in [1.82, 2.24) is 5.32 Å². The zero-order valence-corrected chi connectivity index (χ0v) is 12.3. The number of hydrogen-bond acceptors (Lipinski definition) is 3. The molecule has 0 amide bonds. The van der Waals surface area contributed by atoms with Crippen LogP contribution in [0.3, 0.4) is 0 Å². The summed E-state index contributed by atoms with van der Waals surface area (Å²) in [5, 5.41) is 3.28. The van der Waals surface area contributed by atoms with E-state index in [1.165, 1.54) is 13.5 Å². The quantitative estimate of drug-likeness (QED) is 0.833. The molecule has 1 saturated heterocycles. The first-order valence-electron chi connectivity index (χ1n) is 7.34. The lowest BCUT2D eigenvalue weighted by molar-refractivity contribution is 0.0998. The van der Waals surface area contributed by atoms with Crippen LogP contribution in [0.5, 0.6) is 5.75 Å². The minimum absolute atomic E-state index is 0.243. The molecule has 20 heavy (non-hydrogen) atoms. The Bertz CT molecular complexity index is 419. The normalized spacial score (nSPS) is 20.1. The molecule has 0 aliphatic carbocycles. The fraction of sp³-hybridized carbons (Fsp3) is 0.625. The van der Waals surface area contributed by atoms with E-state index in [-0.39, 0.29) is 11.9 Å². The van der Waals surface area contributed by atoms with Crippen LogP contribution in [-0.2, 0) is 11.2 Å². The summed E-state index contributed by atoms with van der Waals surface area (Å²) in [5.74, 6) is 0.0730. The van der Waals surface area contributed by atoms with E-state index >= 15 is 0 Å². The zero-order valence-electron chi connectivity index (χ0n) is 12.3. The first kappa shape index (κ1) is 15.3. The number of nitrogens with one attached hydrogen (secondary N) is 1. The van der Waals surface area contributed by atoms with E-state index in [4.69, 9.17) is 9.47 Å². The van der Waals surface area contributed by atoms with Crippen molar-refractivity contribution in [3.05, 3.63) is 29.6 Å². The van der Waals surface area contributed by atoms with Gasteiger partial charge in [0.1, 0.15) is 0 Å². The summed E-state index contributed by atoms with van der Waals surface area (Å²) in [6.07, 6.45) is 5.42. The minimum atomic E-state index is -0.243. The van der Waals surface area contributed by atoms with Gasteiger partial charge in [0.2, 0.25) is 0 Å². The van der Waals surface area contributed by atoms with E-state index in [1.54, 1.807) is 6.07 Å². The van der Waals surface area contributed by atoms with Crippen LogP contribution in [0.4, 0.5) is 4.39 Å². The monoisotopic (exact) mass is 281 g/mol. The van der Waals surface area contributed by atoms with Crippen LogP contribution in [0.2, 0.25) is 0 Å². The predicted molar refractivity (Wildman–Crippen MR) is 77.7 cm³/mol. The molecule has 0 radical (unpaired) electrons. The number of halogens is 1. The first-order valence-corrected chi connectivity index (χ1v) is 7.34. The van der Waals surface area contributed by atoms with Gasteiger partial charge in [-0.05, 0) is 50.8 Å². The molecule has 1 fully saturated rings. The smallest absolute Gasteiger partial charge is 0.168 e. The summed E-state index contributed by atoms with van der Waals surface area (Å²) in [4.78, 5) is 0. The summed E-state index contributed by atoms with van der Waals surface area (Å²) >= 11 is 0. The van der Waals surface area contributed by atoms with Gasteiger partial charge < -0.3 is 14.8 Å². The molecular formula is C16H24FNO2. The molecule has 1 N–H and O–H groups in total. The van der Waals surface area contributed by atoms with Crippen LogP contribution >= 0.6 is 0 Å². The fourth-order valence-corrected chi connectivity index (χ4v) is 2.74. The Morgan fingerprint density at radius 1 is 1.50 bits per heavy atom. The van der Waals surface area contributed by atoms with Gasteiger partial charge in [0.05, 0.1) is 13.2 Å². The van der Waals surface area contributed by atoms with Gasteiger partial charge in [-0.1, -0.05) is 12.1 Å². The van der Waals surface area contributed by atoms with Crippen molar-refractivity contribution in [2.75, 3.05) is 20.8 Å². The van der Waals surface area contributed by atoms with Crippen LogP contribution in [0, 0.1) is 5.82 Å². The average molecular weight is 281 g/mol. The molecule has 0 spiro atoms. The molecule has 0 bridgehead atoms. The molecule has 0 aromatic heterocycles. The number of hydrogen-bond donors (Lipinski definition) is 1. The lowest BCUT2D eigenvalue weighted by Gasteiger charge is -2.19. The molecule has 1 aromatic carbocycles. The predicted octanol–water partition coefficient (Wildman–Crippen LogP) is 2.92. The van der Waals surface area contributed by atoms with Crippen molar-refractivity contribution in [2.45, 2.75) is 44.2 Å². The number of methoxy groups -OCH3 is 1. The molecule has 0 saturated carbocycles. The highest BCUT2D eigenvalue weighted by Gasteiger charge is 2.19. The third kappa shape index (κ3) is 3.93. The lowest BCUT2D eigenvalue weighted by Crippen LogP contribution is -2.29. The van der Waals surface area contributed by atoms with Gasteiger partial charge in [-0.25, -0.2) is 4.39 Å². The Balaban J connectivity index is 1.91. The highest BCUT2D eigenvalue weighted by atomic mass is 19.1. The van der Waals surface area contributed by atoms with E-state index in [0.29, 0.717) is 23.8 Å². The Kier molecular flexibility index (Phi) is 5.80. The van der Waals surface area contributed by atoms with E-state index in [0.717, 1.165) is 25.9 Å². The third-order valence-corrected chi connectivity index (χ3v) is 4.00. The Labute approximate surface area is 120 Å². The largest absolute Gasteiger partial charge is 0.494 e. The molecule has 1 heterocycles. The maximum Gasteiger partial charge on any atom is 0.168 e. The number of rotatable bonds is 7. The maximum atomic E-state index is 14.1. The highest BCUT2D eigenvalue weighted by molar-refractivity contribution is 5.31. The van der Waals surface area contributed by atoms with Gasteiger partial charge >= 0.3 is 0 Å². The van der Waals surface area contributed by atoms with Crippen LogP contribution in [0.1, 0.15) is 31.2 Å². The molecule has 1 aliphatic rings. The van der Waals surface area contributed by atoms with E-state index < -0.39 is 0 Å². The highest BCUT2D eigenvalue weighted by Crippen LogP contribution is 2.23. The van der Waals surface area contributed by atoms with Gasteiger partial charge in [-0.15, -0.1) is 0 Å². The van der Waals surface area contributed by atoms with Crippen molar-refractivity contribution >= 4 is 0 Å². The average Bonchev–Trinajstić information content (AvgIpc) is 2.98. The SMILES string of the molecule is CNC(CCC1CCCO1)Cc1cccc(OC)c1F. The molecule has 4 heteroatoms. The van der Waals surface area contributed by atoms with Gasteiger partial charge in [0.15, 0.2) is 11.6 Å². The Morgan fingerprint density at radius 2 is 2.35 bits per heavy atom. The summed E-state index contributed by atoms with van der Waals surface area (Å²) in [6, 6.07) is 5.58. The third-order valence-electron chi connectivity index (χ3n) is 4.00. The van der Waals surface area contributed by atoms with Crippen molar-refractivity contribution in [1.29, 1.82) is 0 Å². The van der Waals surface area contributed by atoms with Crippen molar-refractivity contribution in [2.24, 2.45) is 0 Å². The second-order valence-corrected chi connectivity index (χ2v) is 5.34. The topological polar surface area (TPSA) is 30.5 Å². The van der Waals surface area contributed by atoms with Gasteiger partial charge in [0.25, 0.3) is 0 Å². The van der Waals surface area contributed by atoms with E-state index in [1.807, 2.05) is 19.2 Å². The number of benzene rings is 1. The fourth-order valence-electron chi connectivity index (χ4n) is 2.74. The van der Waals surface area contributed by atoms with Gasteiger partial charge in [0, 0.05) is 12.6 Å². The van der Waals surface area contributed by atoms with Crippen molar-refractivity contribution < 1.29 is 13.9 Å². The second-order valence-electron chi connectivity index (χ2n) is 5.34. The van der Waals surface area contributed by atoms with Gasteiger partial charge in [-0.3, -0.25) is 0 Å². The van der Waals surface area contributed by atoms with Crippen LogP contribution in [0.15, 0.2) is 18.2 Å². The van der Waals surface area contributed by atoms with Crippen molar-refractivity contribution in [3.8, 4) is 5.75 Å². The molecule has 2 rings (SSSR count). The Morgan fingerprint density at radius 3 is 3.00 bits per heavy atom. The molecule has 1 aromatic rings. The lowest BCUT2D eigenvalue weighted by atomic mass is 9.99. The molecule has 2 unspecified atom stereocenters. The summed E-state index contributed by atoms with van der Waals surface area (Å²) in [5.41, 5.74) is 0.705. The number of ether oxygens (including phenoxy) is 2. The number of likely N-dealkylation sites (N-methyl/N-ethyl adjacent to an activating group) is 1. The minimum Gasteiger partial charge on any atom is -0.494 e. The molecule has 3 nitrogen and oxygen atoms in total. The van der Waals surface area contributed by atoms with Crippen LogP contribution < -0.4 is 10.1 Å². The standard InChI is InChI=1S/C16H24FNO2/c1-18-13(8-9-14-6-4-10-20-14)11-12-5-3-7-15(19-2)16(12)17/h3,5,7,13-14,18H,4,6,8-11H2,1-2H3. The summed E-state index contributed by atoms with van der Waals surface area (Å²) < 4.78 is 24.8. The van der Waals surface area contributed by atoms with Crippen LogP contribution in [0.25, 0.3) is 0 Å². The second kappa shape index (κ2) is 7.60. The first-order chi connectivity index (χ1) is 9.74. The van der Waals surface area contributed by atoms with Crippen molar-refractivity contribution in [3.63, 3.8) is 0 Å². The van der Waals surface area contributed by atoms with E-state index in [9.17, 15) is 4.39 Å². The van der Waals surface area contributed by atoms with Crippen LogP contribution in [-0.4, -0.2) is 32.9 Å². The summed E-state index contributed by atoms with van der Waals surface area (Å²) in [7, 11) is 3.42. The van der Waals surface area contributed by atoms with E-state index in [2.05, 4.69) is 5.32 Å². The van der Waals surface area contributed by atoms with Gasteiger partial charge in [-0.2, -0.15) is 0 Å². The maximum absolute atomic E-state index is 14.1. The summed E-state index contributed by atoms with van der Waals surface area (Å²) in [6.45, 7) is 0.888. The molecule has 112 valence electrons. The molecule has 1 aliphatic heterocycles. The Hall–Kier alpha value is -1.13. The molecule has 2 atom stereocenters. The zero-order chi connectivity index (χ0) is 14.4.